The molecule has 0 amide bonds. The molecule has 1 aromatic heterocycles. The summed E-state index contributed by atoms with van der Waals surface area (Å²) in [7, 11) is -3.33. The van der Waals surface area contributed by atoms with Crippen molar-refractivity contribution in [3.05, 3.63) is 0 Å². The molecule has 0 aromatic carbocycles. The van der Waals surface area contributed by atoms with Crippen LogP contribution < -0.4 is 11.1 Å². The van der Waals surface area contributed by atoms with E-state index in [1.54, 1.807) is 0 Å². The predicted octanol–water partition coefficient (Wildman–Crippen LogP) is 2.76. The van der Waals surface area contributed by atoms with Crippen LogP contribution in [0.1, 0.15) is 40.5 Å². The molecule has 7 heteroatoms. The lowest BCUT2D eigenvalue weighted by Gasteiger charge is -2.18. The van der Waals surface area contributed by atoms with Crippen LogP contribution in [0, 0.1) is 5.41 Å². The van der Waals surface area contributed by atoms with E-state index in [0.717, 1.165) is 18.0 Å². The van der Waals surface area contributed by atoms with E-state index in [1.165, 1.54) is 0 Å². The topological polar surface area (TPSA) is 85.1 Å². The van der Waals surface area contributed by atoms with Crippen LogP contribution in [0.3, 0.4) is 0 Å². The number of nitrogen functional groups attached to an aromatic ring is 1. The molecule has 1 rings (SSSR count). The lowest BCUT2D eigenvalue weighted by molar-refractivity contribution is 0.390. The summed E-state index contributed by atoms with van der Waals surface area (Å²) in [6.07, 6.45) is 1.51. The standard InChI is InChI=1S/C12H23N3O2S2/c1-5-8-19(16,17)9-10(13)15-18-11(9)14-7-6-12(2,3)4/h14H,5-8H2,1-4H3,(H2,13,15). The van der Waals surface area contributed by atoms with E-state index in [0.29, 0.717) is 18.0 Å². The molecule has 3 N–H and O–H groups in total. The molecule has 0 aliphatic heterocycles. The molecule has 0 atom stereocenters. The summed E-state index contributed by atoms with van der Waals surface area (Å²) in [4.78, 5) is 0.174. The number of hydrogen-bond donors (Lipinski definition) is 2. The van der Waals surface area contributed by atoms with Gasteiger partial charge in [-0.1, -0.05) is 27.7 Å². The molecule has 0 saturated heterocycles. The highest BCUT2D eigenvalue weighted by molar-refractivity contribution is 7.91. The molecule has 1 heterocycles. The Morgan fingerprint density at radius 1 is 1.37 bits per heavy atom. The van der Waals surface area contributed by atoms with Crippen LogP contribution in [0.2, 0.25) is 0 Å². The largest absolute Gasteiger partial charge is 0.382 e. The SMILES string of the molecule is CCCS(=O)(=O)c1c(N)nsc1NCCC(C)(C)C. The third-order valence-corrected chi connectivity index (χ3v) is 5.55. The van der Waals surface area contributed by atoms with E-state index in [2.05, 4.69) is 30.5 Å². The van der Waals surface area contributed by atoms with Gasteiger partial charge in [0.25, 0.3) is 0 Å². The Bertz CT molecular complexity index is 516. The highest BCUT2D eigenvalue weighted by Crippen LogP contribution is 2.33. The molecule has 19 heavy (non-hydrogen) atoms. The zero-order valence-electron chi connectivity index (χ0n) is 12.0. The third-order valence-electron chi connectivity index (χ3n) is 2.62. The number of nitrogens with two attached hydrogens (primary N) is 1. The molecule has 1 aromatic rings. The smallest absolute Gasteiger partial charge is 0.185 e. The van der Waals surface area contributed by atoms with Gasteiger partial charge >= 0.3 is 0 Å². The number of anilines is 2. The van der Waals surface area contributed by atoms with E-state index in [9.17, 15) is 8.42 Å². The van der Waals surface area contributed by atoms with Gasteiger partial charge in [0, 0.05) is 6.54 Å². The molecule has 0 spiro atoms. The van der Waals surface area contributed by atoms with E-state index in [-0.39, 0.29) is 21.9 Å². The molecule has 5 nitrogen and oxygen atoms in total. The Balaban J connectivity index is 2.87. The maximum Gasteiger partial charge on any atom is 0.185 e. The van der Waals surface area contributed by atoms with Crippen molar-refractivity contribution in [2.75, 3.05) is 23.3 Å². The van der Waals surface area contributed by atoms with Gasteiger partial charge in [-0.2, -0.15) is 4.37 Å². The van der Waals surface area contributed by atoms with E-state index in [1.807, 2.05) is 6.92 Å². The zero-order chi connectivity index (χ0) is 14.7. The van der Waals surface area contributed by atoms with E-state index in [4.69, 9.17) is 5.73 Å². The molecule has 110 valence electrons. The average molecular weight is 305 g/mol. The van der Waals surface area contributed by atoms with Crippen LogP contribution in [0.25, 0.3) is 0 Å². The number of rotatable bonds is 6. The number of nitrogens with one attached hydrogen (secondary N) is 1. The first-order chi connectivity index (χ1) is 8.67. The third kappa shape index (κ3) is 4.65. The molecular formula is C12H23N3O2S2. The van der Waals surface area contributed by atoms with Gasteiger partial charge in [0.05, 0.1) is 5.75 Å². The van der Waals surface area contributed by atoms with Crippen LogP contribution in [-0.2, 0) is 9.84 Å². The number of hydrogen-bond acceptors (Lipinski definition) is 6. The van der Waals surface area contributed by atoms with Crippen molar-refractivity contribution in [3.63, 3.8) is 0 Å². The van der Waals surface area contributed by atoms with Crippen molar-refractivity contribution in [2.24, 2.45) is 5.41 Å². The van der Waals surface area contributed by atoms with Crippen molar-refractivity contribution in [2.45, 2.75) is 45.4 Å². The fourth-order valence-electron chi connectivity index (χ4n) is 1.63. The van der Waals surface area contributed by atoms with Gasteiger partial charge in [-0.25, -0.2) is 8.42 Å². The van der Waals surface area contributed by atoms with Gasteiger partial charge in [-0.05, 0) is 29.8 Å². The minimum atomic E-state index is -3.33. The predicted molar refractivity (Wildman–Crippen MR) is 81.4 cm³/mol. The van der Waals surface area contributed by atoms with Crippen LogP contribution >= 0.6 is 11.5 Å². The van der Waals surface area contributed by atoms with Crippen molar-refractivity contribution < 1.29 is 8.42 Å². The summed E-state index contributed by atoms with van der Waals surface area (Å²) in [6, 6.07) is 0. The van der Waals surface area contributed by atoms with Crippen molar-refractivity contribution in [3.8, 4) is 0 Å². The maximum absolute atomic E-state index is 12.1. The lowest BCUT2D eigenvalue weighted by atomic mass is 9.92. The summed E-state index contributed by atoms with van der Waals surface area (Å²) < 4.78 is 28.2. The summed E-state index contributed by atoms with van der Waals surface area (Å²) in [5.41, 5.74) is 5.90. The van der Waals surface area contributed by atoms with Crippen molar-refractivity contribution in [1.29, 1.82) is 0 Å². The number of aromatic nitrogens is 1. The Morgan fingerprint density at radius 3 is 2.53 bits per heavy atom. The molecule has 0 saturated carbocycles. The number of nitrogens with zero attached hydrogens (tertiary/aromatic N) is 1. The first kappa shape index (κ1) is 16.2. The fourth-order valence-corrected chi connectivity index (χ4v) is 4.27. The van der Waals surface area contributed by atoms with Gasteiger partial charge < -0.3 is 11.1 Å². The quantitative estimate of drug-likeness (QED) is 0.844. The van der Waals surface area contributed by atoms with Crippen LogP contribution in [0.15, 0.2) is 4.90 Å². The van der Waals surface area contributed by atoms with E-state index < -0.39 is 9.84 Å². The normalized spacial score (nSPS) is 12.6. The van der Waals surface area contributed by atoms with Gasteiger partial charge in [-0.3, -0.25) is 0 Å². The summed E-state index contributed by atoms with van der Waals surface area (Å²) in [5, 5.41) is 3.72. The average Bonchev–Trinajstić information content (AvgIpc) is 2.58. The van der Waals surface area contributed by atoms with Gasteiger partial charge in [0.2, 0.25) is 0 Å². The Kier molecular flexibility index (Phi) is 5.20. The van der Waals surface area contributed by atoms with Crippen LogP contribution in [0.5, 0.6) is 0 Å². The summed E-state index contributed by atoms with van der Waals surface area (Å²) in [5.74, 6) is 0.209. The second kappa shape index (κ2) is 6.09. The van der Waals surface area contributed by atoms with E-state index >= 15 is 0 Å². The molecular weight excluding hydrogens is 282 g/mol. The fraction of sp³-hybridized carbons (Fsp3) is 0.750. The number of sulfone groups is 1. The van der Waals surface area contributed by atoms with Crippen LogP contribution in [-0.4, -0.2) is 25.1 Å². The molecule has 0 bridgehead atoms. The lowest BCUT2D eigenvalue weighted by Crippen LogP contribution is -2.14. The second-order valence-electron chi connectivity index (χ2n) is 5.78. The summed E-state index contributed by atoms with van der Waals surface area (Å²) in [6.45, 7) is 8.97. The van der Waals surface area contributed by atoms with Crippen LogP contribution in [0.4, 0.5) is 10.8 Å². The van der Waals surface area contributed by atoms with Gasteiger partial charge in [-0.15, -0.1) is 0 Å². The first-order valence-electron chi connectivity index (χ1n) is 6.39. The van der Waals surface area contributed by atoms with Gasteiger partial charge in [0.15, 0.2) is 15.7 Å². The maximum atomic E-state index is 12.1. The van der Waals surface area contributed by atoms with Crippen molar-refractivity contribution >= 4 is 32.2 Å². The summed E-state index contributed by atoms with van der Waals surface area (Å²) >= 11 is 1.11. The Morgan fingerprint density at radius 2 is 2.00 bits per heavy atom. The zero-order valence-corrected chi connectivity index (χ0v) is 13.6. The molecule has 0 unspecified atom stereocenters. The second-order valence-corrected chi connectivity index (χ2v) is 8.60. The van der Waals surface area contributed by atoms with Gasteiger partial charge in [0.1, 0.15) is 9.90 Å². The Hall–Kier alpha value is -0.820. The minimum Gasteiger partial charge on any atom is -0.382 e. The molecule has 0 aliphatic carbocycles. The molecule has 0 radical (unpaired) electrons. The minimum absolute atomic E-state index is 0.101. The molecule has 0 fully saturated rings. The monoisotopic (exact) mass is 305 g/mol. The highest BCUT2D eigenvalue weighted by atomic mass is 32.2. The Labute approximate surface area is 119 Å². The van der Waals surface area contributed by atoms with Crippen molar-refractivity contribution in [1.82, 2.24) is 4.37 Å². The first-order valence-corrected chi connectivity index (χ1v) is 8.81. The highest BCUT2D eigenvalue weighted by Gasteiger charge is 2.24. The molecule has 0 aliphatic rings.